The molecule has 25 heavy (non-hydrogen) atoms. The number of pyridine rings is 1. The summed E-state index contributed by atoms with van der Waals surface area (Å²) >= 11 is 6.10. The highest BCUT2D eigenvalue weighted by molar-refractivity contribution is 6.31. The number of rotatable bonds is 4. The largest absolute Gasteiger partial charge is 0.457 e. The number of halogens is 1. The maximum absolute atomic E-state index is 6.10. The number of nitrogens with zero attached hydrogens (tertiary/aromatic N) is 5. The molecule has 0 atom stereocenters. The number of ether oxygens (including phenoxy) is 1. The Hall–Kier alpha value is -2.86. The minimum absolute atomic E-state index is 0.299. The summed E-state index contributed by atoms with van der Waals surface area (Å²) in [5.74, 6) is 0.762. The summed E-state index contributed by atoms with van der Waals surface area (Å²) in [5, 5.41) is 6.00. The van der Waals surface area contributed by atoms with Gasteiger partial charge in [0.2, 0.25) is 0 Å². The Kier molecular flexibility index (Phi) is 3.89. The molecule has 3 aromatic heterocycles. The predicted molar refractivity (Wildman–Crippen MR) is 98.4 cm³/mol. The van der Waals surface area contributed by atoms with E-state index in [1.165, 1.54) is 0 Å². The van der Waals surface area contributed by atoms with E-state index >= 15 is 0 Å². The second-order valence-electron chi connectivity index (χ2n) is 5.88. The molecule has 6 nitrogen and oxygen atoms in total. The maximum Gasteiger partial charge on any atom is 0.319 e. The molecular weight excluding hydrogens is 338 g/mol. The number of aromatic nitrogens is 4. The first kappa shape index (κ1) is 15.7. The summed E-state index contributed by atoms with van der Waals surface area (Å²) < 4.78 is 7.61. The number of hydrogen-bond acceptors (Lipinski definition) is 5. The first-order valence-electron chi connectivity index (χ1n) is 7.81. The normalized spacial score (nSPS) is 11.2. The second kappa shape index (κ2) is 6.22. The van der Waals surface area contributed by atoms with Crippen LogP contribution in [0.3, 0.4) is 0 Å². The lowest BCUT2D eigenvalue weighted by Crippen LogP contribution is -2.13. The van der Waals surface area contributed by atoms with Crippen molar-refractivity contribution in [3.8, 4) is 6.01 Å². The molecule has 3 heterocycles. The number of anilines is 1. The van der Waals surface area contributed by atoms with Crippen molar-refractivity contribution in [2.24, 2.45) is 0 Å². The lowest BCUT2D eigenvalue weighted by molar-refractivity contribution is 0.277. The molecule has 4 aromatic rings. The molecule has 0 bridgehead atoms. The molecule has 0 aliphatic rings. The Morgan fingerprint density at radius 1 is 1.12 bits per heavy atom. The third-order valence-corrected chi connectivity index (χ3v) is 4.05. The molecule has 0 unspecified atom stereocenters. The third-order valence-electron chi connectivity index (χ3n) is 3.81. The van der Waals surface area contributed by atoms with Gasteiger partial charge in [0.05, 0.1) is 11.0 Å². The van der Waals surface area contributed by atoms with Crippen LogP contribution in [-0.4, -0.2) is 33.7 Å². The van der Waals surface area contributed by atoms with Gasteiger partial charge in [0.25, 0.3) is 0 Å². The van der Waals surface area contributed by atoms with Crippen molar-refractivity contribution in [3.05, 3.63) is 59.4 Å². The lowest BCUT2D eigenvalue weighted by atomic mass is 10.2. The predicted octanol–water partition coefficient (Wildman–Crippen LogP) is 3.58. The van der Waals surface area contributed by atoms with Gasteiger partial charge in [0.15, 0.2) is 0 Å². The van der Waals surface area contributed by atoms with Gasteiger partial charge in [-0.2, -0.15) is 15.1 Å². The summed E-state index contributed by atoms with van der Waals surface area (Å²) in [6.45, 7) is 0.299. The highest BCUT2D eigenvalue weighted by Crippen LogP contribution is 2.27. The average molecular weight is 354 g/mol. The van der Waals surface area contributed by atoms with Crippen molar-refractivity contribution in [3.63, 3.8) is 0 Å². The van der Waals surface area contributed by atoms with Crippen LogP contribution in [0.1, 0.15) is 5.69 Å². The van der Waals surface area contributed by atoms with E-state index in [-0.39, 0.29) is 0 Å². The Bertz CT molecular complexity index is 1030. The van der Waals surface area contributed by atoms with Gasteiger partial charge in [-0.3, -0.25) is 0 Å². The minimum Gasteiger partial charge on any atom is -0.457 e. The summed E-state index contributed by atoms with van der Waals surface area (Å²) in [6.07, 6.45) is 1.90. The Balaban J connectivity index is 1.65. The van der Waals surface area contributed by atoms with Gasteiger partial charge in [-0.05, 0) is 36.4 Å². The van der Waals surface area contributed by atoms with Gasteiger partial charge in [0.1, 0.15) is 18.1 Å². The molecular formula is C18H16ClN5O. The molecule has 4 rings (SSSR count). The van der Waals surface area contributed by atoms with Crippen LogP contribution in [0.5, 0.6) is 6.01 Å². The molecule has 0 amide bonds. The number of fused-ring (bicyclic) bond motifs is 2. The summed E-state index contributed by atoms with van der Waals surface area (Å²) in [5.41, 5.74) is 2.62. The molecule has 0 fully saturated rings. The van der Waals surface area contributed by atoms with E-state index in [2.05, 4.69) is 15.1 Å². The van der Waals surface area contributed by atoms with Crippen molar-refractivity contribution in [1.29, 1.82) is 0 Å². The van der Waals surface area contributed by atoms with Crippen LogP contribution in [0.2, 0.25) is 5.02 Å². The zero-order valence-electron chi connectivity index (χ0n) is 13.8. The SMILES string of the molecule is CN(C)c1nc(OCc2cc3ccccn3n2)nc2ccc(Cl)cc12. The zero-order chi connectivity index (χ0) is 17.4. The minimum atomic E-state index is 0.299. The Morgan fingerprint density at radius 2 is 2.00 bits per heavy atom. The van der Waals surface area contributed by atoms with Crippen molar-refractivity contribution < 1.29 is 4.74 Å². The van der Waals surface area contributed by atoms with Gasteiger partial charge in [-0.15, -0.1) is 0 Å². The summed E-state index contributed by atoms with van der Waals surface area (Å²) in [7, 11) is 3.85. The Labute approximate surface area is 149 Å². The van der Waals surface area contributed by atoms with Gasteiger partial charge in [0, 0.05) is 30.7 Å². The molecule has 1 aromatic carbocycles. The number of hydrogen-bond donors (Lipinski definition) is 0. The molecule has 0 N–H and O–H groups in total. The first-order chi connectivity index (χ1) is 12.1. The van der Waals surface area contributed by atoms with Gasteiger partial charge >= 0.3 is 6.01 Å². The van der Waals surface area contributed by atoms with Gasteiger partial charge in [-0.1, -0.05) is 17.7 Å². The van der Waals surface area contributed by atoms with E-state index in [1.54, 1.807) is 0 Å². The lowest BCUT2D eigenvalue weighted by Gasteiger charge is -2.15. The van der Waals surface area contributed by atoms with Crippen molar-refractivity contribution in [1.82, 2.24) is 19.6 Å². The standard InChI is InChI=1S/C18H16ClN5O/c1-23(2)17-15-9-12(19)6-7-16(15)20-18(21-17)25-11-13-10-14-5-3-4-8-24(14)22-13/h3-10H,11H2,1-2H3. The van der Waals surface area contributed by atoms with Crippen LogP contribution in [-0.2, 0) is 6.61 Å². The average Bonchev–Trinajstić information content (AvgIpc) is 3.02. The highest BCUT2D eigenvalue weighted by atomic mass is 35.5. The topological polar surface area (TPSA) is 55.6 Å². The van der Waals surface area contributed by atoms with E-state index in [0.717, 1.165) is 27.9 Å². The van der Waals surface area contributed by atoms with Crippen LogP contribution in [0, 0.1) is 0 Å². The second-order valence-corrected chi connectivity index (χ2v) is 6.32. The molecule has 0 radical (unpaired) electrons. The van der Waals surface area contributed by atoms with Gasteiger partial charge in [-0.25, -0.2) is 4.52 Å². The van der Waals surface area contributed by atoms with E-state index < -0.39 is 0 Å². The molecule has 0 saturated carbocycles. The monoisotopic (exact) mass is 353 g/mol. The maximum atomic E-state index is 6.10. The smallest absolute Gasteiger partial charge is 0.319 e. The third kappa shape index (κ3) is 3.08. The van der Waals surface area contributed by atoms with Crippen molar-refractivity contribution in [2.45, 2.75) is 6.61 Å². The molecule has 0 aliphatic carbocycles. The van der Waals surface area contributed by atoms with E-state index in [1.807, 2.05) is 72.2 Å². The quantitative estimate of drug-likeness (QED) is 0.561. The fourth-order valence-corrected chi connectivity index (χ4v) is 2.84. The molecule has 0 aliphatic heterocycles. The van der Waals surface area contributed by atoms with Gasteiger partial charge < -0.3 is 9.64 Å². The Morgan fingerprint density at radius 3 is 2.80 bits per heavy atom. The van der Waals surface area contributed by atoms with Crippen LogP contribution in [0.25, 0.3) is 16.4 Å². The van der Waals surface area contributed by atoms with E-state index in [0.29, 0.717) is 17.6 Å². The fraction of sp³-hybridized carbons (Fsp3) is 0.167. The first-order valence-corrected chi connectivity index (χ1v) is 8.19. The molecule has 0 saturated heterocycles. The molecule has 126 valence electrons. The molecule has 7 heteroatoms. The van der Waals surface area contributed by atoms with Crippen LogP contribution < -0.4 is 9.64 Å². The van der Waals surface area contributed by atoms with Crippen molar-refractivity contribution >= 4 is 33.8 Å². The van der Waals surface area contributed by atoms with Crippen molar-refractivity contribution in [2.75, 3.05) is 19.0 Å². The number of benzene rings is 1. The van der Waals surface area contributed by atoms with Crippen LogP contribution in [0.15, 0.2) is 48.7 Å². The van der Waals surface area contributed by atoms with E-state index in [9.17, 15) is 0 Å². The zero-order valence-corrected chi connectivity index (χ0v) is 14.6. The molecule has 0 spiro atoms. The van der Waals surface area contributed by atoms with Crippen LogP contribution in [0.4, 0.5) is 5.82 Å². The summed E-state index contributed by atoms with van der Waals surface area (Å²) in [4.78, 5) is 10.9. The fourth-order valence-electron chi connectivity index (χ4n) is 2.67. The van der Waals surface area contributed by atoms with E-state index in [4.69, 9.17) is 16.3 Å². The highest BCUT2D eigenvalue weighted by Gasteiger charge is 2.12. The summed E-state index contributed by atoms with van der Waals surface area (Å²) in [6, 6.07) is 13.7. The van der Waals surface area contributed by atoms with Crippen LogP contribution >= 0.6 is 11.6 Å².